The van der Waals surface area contributed by atoms with E-state index >= 15 is 0 Å². The second kappa shape index (κ2) is 7.54. The molecule has 5 heteroatoms. The molecule has 102 valence electrons. The summed E-state index contributed by atoms with van der Waals surface area (Å²) in [6.45, 7) is 10.2. The zero-order valence-corrected chi connectivity index (χ0v) is 12.3. The third-order valence-electron chi connectivity index (χ3n) is 2.81. The van der Waals surface area contributed by atoms with Gasteiger partial charge in [-0.15, -0.1) is 11.6 Å². The molecule has 4 nitrogen and oxygen atoms in total. The van der Waals surface area contributed by atoms with E-state index in [1.807, 2.05) is 0 Å². The molecule has 0 fully saturated rings. The van der Waals surface area contributed by atoms with E-state index in [-0.39, 0.29) is 0 Å². The number of alkyl halides is 1. The molecule has 0 saturated carbocycles. The van der Waals surface area contributed by atoms with E-state index in [1.54, 1.807) is 6.20 Å². The van der Waals surface area contributed by atoms with Crippen LogP contribution in [-0.2, 0) is 5.88 Å². The van der Waals surface area contributed by atoms with E-state index < -0.39 is 0 Å². The number of halogens is 1. The lowest BCUT2D eigenvalue weighted by atomic mass is 10.2. The van der Waals surface area contributed by atoms with E-state index in [0.717, 1.165) is 12.1 Å². The number of ether oxygens (including phenoxy) is 1. The van der Waals surface area contributed by atoms with Gasteiger partial charge in [0.1, 0.15) is 12.9 Å². The normalized spacial score (nSPS) is 11.6. The van der Waals surface area contributed by atoms with Gasteiger partial charge in [-0.25, -0.2) is 9.97 Å². The van der Waals surface area contributed by atoms with Crippen molar-refractivity contribution in [3.8, 4) is 5.88 Å². The zero-order chi connectivity index (χ0) is 13.5. The molecule has 1 rings (SSSR count). The Bertz CT molecular complexity index is 350. The Morgan fingerprint density at radius 1 is 1.28 bits per heavy atom. The highest BCUT2D eigenvalue weighted by atomic mass is 35.5. The van der Waals surface area contributed by atoms with Crippen LogP contribution in [0.15, 0.2) is 12.5 Å². The summed E-state index contributed by atoms with van der Waals surface area (Å²) in [7, 11) is 0. The molecule has 0 atom stereocenters. The molecule has 0 saturated heterocycles. The Morgan fingerprint density at radius 2 is 1.94 bits per heavy atom. The first-order valence-corrected chi connectivity index (χ1v) is 6.83. The second-order valence-electron chi connectivity index (χ2n) is 4.76. The van der Waals surface area contributed by atoms with Gasteiger partial charge in [-0.3, -0.25) is 4.90 Å². The minimum atomic E-state index is 0.369. The first kappa shape index (κ1) is 15.2. The molecule has 0 N–H and O–H groups in total. The molecule has 1 heterocycles. The van der Waals surface area contributed by atoms with Crippen molar-refractivity contribution in [2.45, 2.75) is 45.7 Å². The highest BCUT2D eigenvalue weighted by Gasteiger charge is 2.13. The van der Waals surface area contributed by atoms with Gasteiger partial charge in [0.2, 0.25) is 5.88 Å². The summed E-state index contributed by atoms with van der Waals surface area (Å²) < 4.78 is 5.68. The summed E-state index contributed by atoms with van der Waals surface area (Å²) in [5.74, 6) is 0.960. The maximum absolute atomic E-state index is 5.80. The van der Waals surface area contributed by atoms with Crippen LogP contribution in [0.25, 0.3) is 0 Å². The number of hydrogen-bond acceptors (Lipinski definition) is 4. The summed E-state index contributed by atoms with van der Waals surface area (Å²) in [6, 6.07) is 1.01. The fourth-order valence-electron chi connectivity index (χ4n) is 1.93. The Labute approximate surface area is 114 Å². The largest absolute Gasteiger partial charge is 0.476 e. The van der Waals surface area contributed by atoms with Crippen molar-refractivity contribution in [2.24, 2.45) is 0 Å². The van der Waals surface area contributed by atoms with Crippen LogP contribution in [0.1, 0.15) is 33.3 Å². The van der Waals surface area contributed by atoms with Crippen LogP contribution in [-0.4, -0.2) is 40.1 Å². The summed E-state index contributed by atoms with van der Waals surface area (Å²) >= 11 is 5.80. The lowest BCUT2D eigenvalue weighted by Gasteiger charge is -2.30. The molecule has 0 aliphatic carbocycles. The van der Waals surface area contributed by atoms with E-state index in [2.05, 4.69) is 42.6 Å². The first-order chi connectivity index (χ1) is 8.56. The molecule has 0 aliphatic rings. The van der Waals surface area contributed by atoms with Crippen LogP contribution in [0.4, 0.5) is 0 Å². The van der Waals surface area contributed by atoms with Gasteiger partial charge in [0, 0.05) is 30.4 Å². The van der Waals surface area contributed by atoms with Crippen molar-refractivity contribution >= 4 is 11.6 Å². The Balaban J connectivity index is 2.50. The summed E-state index contributed by atoms with van der Waals surface area (Å²) in [5, 5.41) is 0. The predicted molar refractivity (Wildman–Crippen MR) is 74.1 cm³/mol. The monoisotopic (exact) mass is 271 g/mol. The average molecular weight is 272 g/mol. The molecule has 0 aromatic carbocycles. The van der Waals surface area contributed by atoms with Gasteiger partial charge in [-0.1, -0.05) is 0 Å². The Morgan fingerprint density at radius 3 is 2.50 bits per heavy atom. The van der Waals surface area contributed by atoms with Crippen molar-refractivity contribution in [2.75, 3.05) is 13.2 Å². The van der Waals surface area contributed by atoms with Crippen LogP contribution in [0.5, 0.6) is 5.88 Å². The van der Waals surface area contributed by atoms with Gasteiger partial charge < -0.3 is 4.74 Å². The summed E-state index contributed by atoms with van der Waals surface area (Å²) in [4.78, 5) is 10.4. The van der Waals surface area contributed by atoms with Crippen LogP contribution >= 0.6 is 11.6 Å². The van der Waals surface area contributed by atoms with Crippen molar-refractivity contribution in [3.05, 3.63) is 18.1 Å². The van der Waals surface area contributed by atoms with Gasteiger partial charge in [-0.05, 0) is 27.7 Å². The van der Waals surface area contributed by atoms with Crippen LogP contribution < -0.4 is 4.74 Å². The molecular weight excluding hydrogens is 250 g/mol. The molecule has 18 heavy (non-hydrogen) atoms. The maximum atomic E-state index is 5.80. The minimum absolute atomic E-state index is 0.369. The smallest absolute Gasteiger partial charge is 0.220 e. The Hall–Kier alpha value is -0.870. The summed E-state index contributed by atoms with van der Waals surface area (Å²) in [6.07, 6.45) is 3.17. The predicted octanol–water partition coefficient (Wildman–Crippen LogP) is 2.71. The van der Waals surface area contributed by atoms with Crippen molar-refractivity contribution < 1.29 is 4.74 Å². The highest BCUT2D eigenvalue weighted by molar-refractivity contribution is 6.17. The van der Waals surface area contributed by atoms with E-state index in [1.165, 1.54) is 6.33 Å². The van der Waals surface area contributed by atoms with Crippen LogP contribution in [0, 0.1) is 0 Å². The third-order valence-corrected chi connectivity index (χ3v) is 3.09. The topological polar surface area (TPSA) is 38.2 Å². The van der Waals surface area contributed by atoms with Crippen molar-refractivity contribution in [3.63, 3.8) is 0 Å². The molecule has 0 radical (unpaired) electrons. The van der Waals surface area contributed by atoms with Gasteiger partial charge >= 0.3 is 0 Å². The Kier molecular flexibility index (Phi) is 6.36. The molecule has 0 aliphatic heterocycles. The first-order valence-electron chi connectivity index (χ1n) is 6.29. The minimum Gasteiger partial charge on any atom is -0.476 e. The number of nitrogens with zero attached hydrogens (tertiary/aromatic N) is 3. The fraction of sp³-hybridized carbons (Fsp3) is 0.692. The lowest BCUT2D eigenvalue weighted by Crippen LogP contribution is -2.39. The molecule has 1 aromatic rings. The van der Waals surface area contributed by atoms with Crippen molar-refractivity contribution in [1.29, 1.82) is 0 Å². The van der Waals surface area contributed by atoms with Crippen LogP contribution in [0.3, 0.4) is 0 Å². The molecule has 1 aromatic heterocycles. The molecule has 0 spiro atoms. The zero-order valence-electron chi connectivity index (χ0n) is 11.6. The van der Waals surface area contributed by atoms with Gasteiger partial charge in [0.05, 0.1) is 5.88 Å². The fourth-order valence-corrected chi connectivity index (χ4v) is 2.11. The van der Waals surface area contributed by atoms with Gasteiger partial charge in [0.25, 0.3) is 0 Å². The average Bonchev–Trinajstić information content (AvgIpc) is 2.34. The van der Waals surface area contributed by atoms with E-state index in [0.29, 0.717) is 30.5 Å². The third kappa shape index (κ3) is 4.42. The molecule has 0 unspecified atom stereocenters. The number of aromatic nitrogens is 2. The molecular formula is C13H22ClN3O. The van der Waals surface area contributed by atoms with Crippen LogP contribution in [0.2, 0.25) is 0 Å². The van der Waals surface area contributed by atoms with Gasteiger partial charge in [-0.2, -0.15) is 0 Å². The lowest BCUT2D eigenvalue weighted by molar-refractivity contribution is 0.139. The highest BCUT2D eigenvalue weighted by Crippen LogP contribution is 2.15. The van der Waals surface area contributed by atoms with E-state index in [9.17, 15) is 0 Å². The number of rotatable bonds is 7. The van der Waals surface area contributed by atoms with Crippen molar-refractivity contribution in [1.82, 2.24) is 14.9 Å². The quantitative estimate of drug-likeness (QED) is 0.715. The molecule has 0 bridgehead atoms. The summed E-state index contributed by atoms with van der Waals surface area (Å²) in [5.41, 5.74) is 0.833. The second-order valence-corrected chi connectivity index (χ2v) is 5.03. The SMILES string of the molecule is CC(C)N(CCOc1ncncc1CCl)C(C)C. The molecule has 0 amide bonds. The standard InChI is InChI=1S/C13H22ClN3O/c1-10(2)17(11(3)4)5-6-18-13-12(7-14)8-15-9-16-13/h8-11H,5-7H2,1-4H3. The van der Waals surface area contributed by atoms with E-state index in [4.69, 9.17) is 16.3 Å². The van der Waals surface area contributed by atoms with Gasteiger partial charge in [0.15, 0.2) is 0 Å². The maximum Gasteiger partial charge on any atom is 0.220 e. The number of hydrogen-bond donors (Lipinski definition) is 0.